The second kappa shape index (κ2) is 6.99. The SMILES string of the molecule is CC1CCCC(NC(=O)CSc2ccccc2)C1C. The Morgan fingerprint density at radius 1 is 1.26 bits per heavy atom. The quantitative estimate of drug-likeness (QED) is 0.850. The third-order valence-electron chi connectivity index (χ3n) is 4.17. The molecule has 19 heavy (non-hydrogen) atoms. The Morgan fingerprint density at radius 3 is 2.74 bits per heavy atom. The molecule has 0 saturated heterocycles. The van der Waals surface area contributed by atoms with Gasteiger partial charge in [-0.25, -0.2) is 0 Å². The number of rotatable bonds is 4. The molecule has 0 spiro atoms. The molecule has 3 atom stereocenters. The first-order chi connectivity index (χ1) is 9.16. The maximum Gasteiger partial charge on any atom is 0.230 e. The zero-order valence-corrected chi connectivity index (χ0v) is 12.6. The first-order valence-corrected chi connectivity index (χ1v) is 8.12. The van der Waals surface area contributed by atoms with Crippen LogP contribution < -0.4 is 5.32 Å². The minimum Gasteiger partial charge on any atom is -0.352 e. The zero-order valence-electron chi connectivity index (χ0n) is 11.8. The zero-order chi connectivity index (χ0) is 13.7. The van der Waals surface area contributed by atoms with Crippen LogP contribution >= 0.6 is 11.8 Å². The number of hydrogen-bond acceptors (Lipinski definition) is 2. The molecule has 3 heteroatoms. The van der Waals surface area contributed by atoms with Gasteiger partial charge in [0.2, 0.25) is 5.91 Å². The van der Waals surface area contributed by atoms with Gasteiger partial charge in [-0.1, -0.05) is 44.9 Å². The van der Waals surface area contributed by atoms with Gasteiger partial charge in [0.25, 0.3) is 0 Å². The Hall–Kier alpha value is -0.960. The van der Waals surface area contributed by atoms with Crippen molar-refractivity contribution >= 4 is 17.7 Å². The number of hydrogen-bond donors (Lipinski definition) is 1. The summed E-state index contributed by atoms with van der Waals surface area (Å²) in [5, 5.41) is 3.21. The lowest BCUT2D eigenvalue weighted by molar-refractivity contribution is -0.119. The second-order valence-electron chi connectivity index (χ2n) is 5.54. The molecule has 2 rings (SSSR count). The lowest BCUT2D eigenvalue weighted by Crippen LogP contribution is -2.44. The molecule has 0 radical (unpaired) electrons. The van der Waals surface area contributed by atoms with Crippen molar-refractivity contribution in [2.45, 2.75) is 44.0 Å². The van der Waals surface area contributed by atoms with Crippen LogP contribution in [-0.2, 0) is 4.79 Å². The summed E-state index contributed by atoms with van der Waals surface area (Å²) in [5.41, 5.74) is 0. The van der Waals surface area contributed by atoms with Crippen molar-refractivity contribution in [1.29, 1.82) is 0 Å². The molecule has 1 aliphatic rings. The summed E-state index contributed by atoms with van der Waals surface area (Å²) in [6, 6.07) is 10.5. The van der Waals surface area contributed by atoms with Gasteiger partial charge in [-0.2, -0.15) is 0 Å². The Balaban J connectivity index is 1.78. The van der Waals surface area contributed by atoms with E-state index in [2.05, 4.69) is 19.2 Å². The Morgan fingerprint density at radius 2 is 2.00 bits per heavy atom. The van der Waals surface area contributed by atoms with E-state index in [1.807, 2.05) is 30.3 Å². The van der Waals surface area contributed by atoms with Crippen LogP contribution in [0, 0.1) is 11.8 Å². The molecule has 1 saturated carbocycles. The highest BCUT2D eigenvalue weighted by Gasteiger charge is 2.27. The van der Waals surface area contributed by atoms with Crippen molar-refractivity contribution in [2.75, 3.05) is 5.75 Å². The van der Waals surface area contributed by atoms with Crippen LogP contribution in [-0.4, -0.2) is 17.7 Å². The molecule has 0 aliphatic heterocycles. The molecule has 0 heterocycles. The van der Waals surface area contributed by atoms with Gasteiger partial charge >= 0.3 is 0 Å². The molecule has 1 fully saturated rings. The van der Waals surface area contributed by atoms with Gasteiger partial charge in [-0.3, -0.25) is 4.79 Å². The summed E-state index contributed by atoms with van der Waals surface area (Å²) in [5.74, 6) is 2.00. The Kier molecular flexibility index (Phi) is 5.32. The van der Waals surface area contributed by atoms with Gasteiger partial charge in [0.1, 0.15) is 0 Å². The summed E-state index contributed by atoms with van der Waals surface area (Å²) >= 11 is 1.61. The molecule has 2 nitrogen and oxygen atoms in total. The van der Waals surface area contributed by atoms with Crippen molar-refractivity contribution in [1.82, 2.24) is 5.32 Å². The average Bonchev–Trinajstić information content (AvgIpc) is 2.43. The number of amides is 1. The van der Waals surface area contributed by atoms with Gasteiger partial charge in [-0.15, -0.1) is 11.8 Å². The summed E-state index contributed by atoms with van der Waals surface area (Å²) in [6.45, 7) is 4.56. The summed E-state index contributed by atoms with van der Waals surface area (Å²) in [7, 11) is 0. The standard InChI is InChI=1S/C16H23NOS/c1-12-7-6-10-15(13(12)2)17-16(18)11-19-14-8-4-3-5-9-14/h3-5,8-9,12-13,15H,6-7,10-11H2,1-2H3,(H,17,18). The fourth-order valence-electron chi connectivity index (χ4n) is 2.70. The van der Waals surface area contributed by atoms with E-state index in [1.54, 1.807) is 11.8 Å². The highest BCUT2D eigenvalue weighted by Crippen LogP contribution is 2.29. The minimum atomic E-state index is 0.166. The molecule has 1 amide bonds. The average molecular weight is 277 g/mol. The number of benzene rings is 1. The largest absolute Gasteiger partial charge is 0.352 e. The van der Waals surface area contributed by atoms with Crippen molar-refractivity contribution in [3.05, 3.63) is 30.3 Å². The van der Waals surface area contributed by atoms with Crippen molar-refractivity contribution in [3.63, 3.8) is 0 Å². The maximum atomic E-state index is 12.0. The fourth-order valence-corrected chi connectivity index (χ4v) is 3.43. The molecule has 1 aromatic carbocycles. The van der Waals surface area contributed by atoms with Gasteiger partial charge in [0, 0.05) is 10.9 Å². The fraction of sp³-hybridized carbons (Fsp3) is 0.562. The summed E-state index contributed by atoms with van der Waals surface area (Å²) in [6.07, 6.45) is 3.67. The second-order valence-corrected chi connectivity index (χ2v) is 6.59. The van der Waals surface area contributed by atoms with Crippen LogP contribution in [0.25, 0.3) is 0 Å². The molecular weight excluding hydrogens is 254 g/mol. The third-order valence-corrected chi connectivity index (χ3v) is 5.18. The van der Waals surface area contributed by atoms with Crippen LogP contribution in [0.15, 0.2) is 35.2 Å². The topological polar surface area (TPSA) is 29.1 Å². The van der Waals surface area contributed by atoms with E-state index in [9.17, 15) is 4.79 Å². The molecular formula is C16H23NOS. The van der Waals surface area contributed by atoms with E-state index in [0.717, 1.165) is 17.2 Å². The van der Waals surface area contributed by atoms with Crippen LogP contribution in [0.2, 0.25) is 0 Å². The highest BCUT2D eigenvalue weighted by molar-refractivity contribution is 8.00. The third kappa shape index (κ3) is 4.27. The molecule has 0 bridgehead atoms. The van der Waals surface area contributed by atoms with Gasteiger partial charge < -0.3 is 5.32 Å². The predicted molar refractivity (Wildman–Crippen MR) is 81.3 cm³/mol. The number of carbonyl (C=O) groups excluding carboxylic acids is 1. The van der Waals surface area contributed by atoms with E-state index in [4.69, 9.17) is 0 Å². The van der Waals surface area contributed by atoms with E-state index < -0.39 is 0 Å². The van der Waals surface area contributed by atoms with Crippen LogP contribution in [0.3, 0.4) is 0 Å². The van der Waals surface area contributed by atoms with Crippen LogP contribution in [0.5, 0.6) is 0 Å². The number of nitrogens with one attached hydrogen (secondary N) is 1. The minimum absolute atomic E-state index is 0.166. The van der Waals surface area contributed by atoms with Crippen molar-refractivity contribution in [3.8, 4) is 0 Å². The van der Waals surface area contributed by atoms with Gasteiger partial charge in [-0.05, 0) is 30.4 Å². The first kappa shape index (κ1) is 14.4. The van der Waals surface area contributed by atoms with Gasteiger partial charge in [0.15, 0.2) is 0 Å². The lowest BCUT2D eigenvalue weighted by Gasteiger charge is -2.34. The van der Waals surface area contributed by atoms with E-state index in [0.29, 0.717) is 17.7 Å². The van der Waals surface area contributed by atoms with E-state index >= 15 is 0 Å². The predicted octanol–water partition coefficient (Wildman–Crippen LogP) is 3.72. The molecule has 1 aliphatic carbocycles. The van der Waals surface area contributed by atoms with Crippen LogP contribution in [0.1, 0.15) is 33.1 Å². The highest BCUT2D eigenvalue weighted by atomic mass is 32.2. The summed E-state index contributed by atoms with van der Waals surface area (Å²) < 4.78 is 0. The van der Waals surface area contributed by atoms with E-state index in [-0.39, 0.29) is 5.91 Å². The van der Waals surface area contributed by atoms with Gasteiger partial charge in [0.05, 0.1) is 5.75 Å². The summed E-state index contributed by atoms with van der Waals surface area (Å²) in [4.78, 5) is 13.2. The van der Waals surface area contributed by atoms with Crippen LogP contribution in [0.4, 0.5) is 0 Å². The number of thioether (sulfide) groups is 1. The molecule has 1 N–H and O–H groups in total. The Labute approximate surface area is 120 Å². The number of carbonyl (C=O) groups is 1. The lowest BCUT2D eigenvalue weighted by atomic mass is 9.78. The molecule has 104 valence electrons. The molecule has 0 aromatic heterocycles. The monoisotopic (exact) mass is 277 g/mol. The smallest absolute Gasteiger partial charge is 0.230 e. The van der Waals surface area contributed by atoms with Crippen molar-refractivity contribution in [2.24, 2.45) is 11.8 Å². The molecule has 1 aromatic rings. The maximum absolute atomic E-state index is 12.0. The molecule has 3 unspecified atom stereocenters. The Bertz CT molecular complexity index is 406. The normalized spacial score (nSPS) is 26.9. The van der Waals surface area contributed by atoms with Crippen molar-refractivity contribution < 1.29 is 4.79 Å². The van der Waals surface area contributed by atoms with E-state index in [1.165, 1.54) is 12.8 Å². The first-order valence-electron chi connectivity index (χ1n) is 7.14.